The van der Waals surface area contributed by atoms with Crippen LogP contribution in [0.4, 0.5) is 0 Å². The fraction of sp³-hybridized carbons (Fsp3) is 0.300. The largest absolute Gasteiger partial charge is 0.463 e. The first-order valence-corrected chi connectivity index (χ1v) is 4.66. The highest BCUT2D eigenvalue weighted by atomic mass is 16.3. The lowest BCUT2D eigenvalue weighted by Crippen LogP contribution is -2.20. The highest BCUT2D eigenvalue weighted by molar-refractivity contribution is 5.51. The zero-order valence-electron chi connectivity index (χ0n) is 7.66. The van der Waals surface area contributed by atoms with Gasteiger partial charge in [-0.25, -0.2) is 4.98 Å². The molecule has 2 heterocycles. The van der Waals surface area contributed by atoms with Crippen molar-refractivity contribution in [2.24, 2.45) is 5.73 Å². The summed E-state index contributed by atoms with van der Waals surface area (Å²) in [6.07, 6.45) is 5.43. The molecule has 2 aromatic heterocycles. The molecule has 0 radical (unpaired) electrons. The number of imidazole rings is 1. The van der Waals surface area contributed by atoms with Crippen molar-refractivity contribution in [3.05, 3.63) is 30.4 Å². The Kier molecular flexibility index (Phi) is 1.39. The van der Waals surface area contributed by atoms with Crippen molar-refractivity contribution in [2.75, 3.05) is 0 Å². The van der Waals surface area contributed by atoms with Crippen LogP contribution in [-0.4, -0.2) is 9.97 Å². The van der Waals surface area contributed by atoms with E-state index in [-0.39, 0.29) is 5.54 Å². The predicted molar refractivity (Wildman–Crippen MR) is 51.4 cm³/mol. The molecule has 4 nitrogen and oxygen atoms in total. The highest BCUT2D eigenvalue weighted by Crippen LogP contribution is 2.41. The number of aromatic nitrogens is 2. The number of hydrogen-bond acceptors (Lipinski definition) is 3. The molecule has 0 amide bonds. The van der Waals surface area contributed by atoms with Gasteiger partial charge in [-0.1, -0.05) is 0 Å². The fourth-order valence-electron chi connectivity index (χ4n) is 1.50. The quantitative estimate of drug-likeness (QED) is 0.754. The molecule has 3 N–H and O–H groups in total. The first-order chi connectivity index (χ1) is 6.78. The Bertz CT molecular complexity index is 440. The van der Waals surface area contributed by atoms with Gasteiger partial charge in [0.1, 0.15) is 11.5 Å². The van der Waals surface area contributed by atoms with Crippen molar-refractivity contribution in [1.29, 1.82) is 0 Å². The fourth-order valence-corrected chi connectivity index (χ4v) is 1.50. The summed E-state index contributed by atoms with van der Waals surface area (Å²) in [5.74, 6) is 1.66. The van der Waals surface area contributed by atoms with E-state index in [1.54, 1.807) is 12.5 Å². The topological polar surface area (TPSA) is 67.8 Å². The SMILES string of the molecule is NC1(c2ncc(-c3ccco3)[nH]2)CC1. The second kappa shape index (κ2) is 2.48. The highest BCUT2D eigenvalue weighted by Gasteiger charge is 2.42. The molecule has 1 aliphatic rings. The van der Waals surface area contributed by atoms with Crippen molar-refractivity contribution in [3.8, 4) is 11.5 Å². The molecule has 1 saturated carbocycles. The van der Waals surface area contributed by atoms with Gasteiger partial charge in [0.15, 0.2) is 5.76 Å². The smallest absolute Gasteiger partial charge is 0.151 e. The Labute approximate surface area is 81.1 Å². The maximum atomic E-state index is 6.01. The number of nitrogens with one attached hydrogen (secondary N) is 1. The van der Waals surface area contributed by atoms with E-state index in [0.717, 1.165) is 30.1 Å². The van der Waals surface area contributed by atoms with Crippen LogP contribution in [0.15, 0.2) is 29.0 Å². The summed E-state index contributed by atoms with van der Waals surface area (Å²) in [5, 5.41) is 0. The van der Waals surface area contributed by atoms with E-state index in [9.17, 15) is 0 Å². The summed E-state index contributed by atoms with van der Waals surface area (Å²) in [6.45, 7) is 0. The molecule has 72 valence electrons. The van der Waals surface area contributed by atoms with Gasteiger partial charge in [-0.05, 0) is 25.0 Å². The Morgan fingerprint density at radius 1 is 1.50 bits per heavy atom. The van der Waals surface area contributed by atoms with Gasteiger partial charge in [0.25, 0.3) is 0 Å². The second-order valence-electron chi connectivity index (χ2n) is 3.78. The normalized spacial score (nSPS) is 18.4. The Hall–Kier alpha value is -1.55. The van der Waals surface area contributed by atoms with Gasteiger partial charge in [-0.3, -0.25) is 0 Å². The van der Waals surface area contributed by atoms with Gasteiger partial charge in [-0.2, -0.15) is 0 Å². The van der Waals surface area contributed by atoms with E-state index < -0.39 is 0 Å². The number of hydrogen-bond donors (Lipinski definition) is 2. The minimum absolute atomic E-state index is 0.204. The molecule has 0 spiro atoms. The van der Waals surface area contributed by atoms with Crippen LogP contribution in [-0.2, 0) is 5.54 Å². The minimum Gasteiger partial charge on any atom is -0.463 e. The first kappa shape index (κ1) is 7.82. The molecule has 2 aromatic rings. The molecular formula is C10H11N3O. The van der Waals surface area contributed by atoms with E-state index in [4.69, 9.17) is 10.2 Å². The number of furan rings is 1. The monoisotopic (exact) mass is 189 g/mol. The molecule has 0 saturated heterocycles. The Morgan fingerprint density at radius 2 is 2.36 bits per heavy atom. The molecular weight excluding hydrogens is 178 g/mol. The zero-order valence-corrected chi connectivity index (χ0v) is 7.66. The third-order valence-corrected chi connectivity index (χ3v) is 2.62. The maximum Gasteiger partial charge on any atom is 0.151 e. The number of nitrogens with zero attached hydrogens (tertiary/aromatic N) is 1. The molecule has 0 aliphatic heterocycles. The van der Waals surface area contributed by atoms with Crippen LogP contribution in [0.2, 0.25) is 0 Å². The predicted octanol–water partition coefficient (Wildman–Crippen LogP) is 1.62. The molecule has 4 heteroatoms. The van der Waals surface area contributed by atoms with Gasteiger partial charge in [0.05, 0.1) is 18.0 Å². The summed E-state index contributed by atoms with van der Waals surface area (Å²) in [7, 11) is 0. The Balaban J connectivity index is 1.98. The van der Waals surface area contributed by atoms with Gasteiger partial charge in [-0.15, -0.1) is 0 Å². The van der Waals surface area contributed by atoms with Crippen molar-refractivity contribution in [3.63, 3.8) is 0 Å². The molecule has 0 atom stereocenters. The molecule has 0 aromatic carbocycles. The van der Waals surface area contributed by atoms with E-state index in [1.807, 2.05) is 12.1 Å². The molecule has 1 fully saturated rings. The first-order valence-electron chi connectivity index (χ1n) is 4.66. The molecule has 14 heavy (non-hydrogen) atoms. The summed E-state index contributed by atoms with van der Waals surface area (Å²) in [5.41, 5.74) is 6.70. The average molecular weight is 189 g/mol. The van der Waals surface area contributed by atoms with Gasteiger partial charge in [0.2, 0.25) is 0 Å². The lowest BCUT2D eigenvalue weighted by Gasteiger charge is -2.01. The second-order valence-corrected chi connectivity index (χ2v) is 3.78. The molecule has 0 unspecified atom stereocenters. The minimum atomic E-state index is -0.204. The summed E-state index contributed by atoms with van der Waals surface area (Å²) >= 11 is 0. The summed E-state index contributed by atoms with van der Waals surface area (Å²) in [6, 6.07) is 3.75. The Morgan fingerprint density at radius 3 is 3.00 bits per heavy atom. The lowest BCUT2D eigenvalue weighted by atomic mass is 10.3. The standard InChI is InChI=1S/C10H11N3O/c11-10(3-4-10)9-12-6-7(13-9)8-2-1-5-14-8/h1-2,5-6H,3-4,11H2,(H,12,13). The van der Waals surface area contributed by atoms with Crippen LogP contribution in [0.5, 0.6) is 0 Å². The van der Waals surface area contributed by atoms with Crippen molar-refractivity contribution >= 4 is 0 Å². The number of aromatic amines is 1. The number of H-pyrrole nitrogens is 1. The van der Waals surface area contributed by atoms with Crippen molar-refractivity contribution in [1.82, 2.24) is 9.97 Å². The summed E-state index contributed by atoms with van der Waals surface area (Å²) in [4.78, 5) is 7.45. The van der Waals surface area contributed by atoms with Crippen molar-refractivity contribution < 1.29 is 4.42 Å². The maximum absolute atomic E-state index is 6.01. The van der Waals surface area contributed by atoms with Crippen LogP contribution < -0.4 is 5.73 Å². The average Bonchev–Trinajstić information content (AvgIpc) is 2.73. The van der Waals surface area contributed by atoms with E-state index in [1.165, 1.54) is 0 Å². The molecule has 1 aliphatic carbocycles. The zero-order chi connectivity index (χ0) is 9.60. The molecule has 3 rings (SSSR count). The van der Waals surface area contributed by atoms with E-state index >= 15 is 0 Å². The number of nitrogens with two attached hydrogens (primary N) is 1. The summed E-state index contributed by atoms with van der Waals surface area (Å²) < 4.78 is 5.25. The van der Waals surface area contributed by atoms with Crippen LogP contribution in [0.1, 0.15) is 18.7 Å². The van der Waals surface area contributed by atoms with Crippen molar-refractivity contribution in [2.45, 2.75) is 18.4 Å². The third kappa shape index (κ3) is 1.08. The van der Waals surface area contributed by atoms with Crippen LogP contribution in [0.25, 0.3) is 11.5 Å². The van der Waals surface area contributed by atoms with Crippen LogP contribution in [0.3, 0.4) is 0 Å². The third-order valence-electron chi connectivity index (χ3n) is 2.62. The van der Waals surface area contributed by atoms with Gasteiger partial charge in [0, 0.05) is 0 Å². The molecule has 0 bridgehead atoms. The number of rotatable bonds is 2. The van der Waals surface area contributed by atoms with Gasteiger partial charge < -0.3 is 15.1 Å². The van der Waals surface area contributed by atoms with E-state index in [2.05, 4.69) is 9.97 Å². The van der Waals surface area contributed by atoms with Gasteiger partial charge >= 0.3 is 0 Å². The van der Waals surface area contributed by atoms with Crippen LogP contribution >= 0.6 is 0 Å². The lowest BCUT2D eigenvalue weighted by molar-refractivity contribution is 0.579. The van der Waals surface area contributed by atoms with Crippen LogP contribution in [0, 0.1) is 0 Å². The van der Waals surface area contributed by atoms with E-state index in [0.29, 0.717) is 0 Å².